The first-order chi connectivity index (χ1) is 44.2. The maximum atomic E-state index is 13.6. The number of carbonyl (C=O) groups is 2. The molecule has 6 heteroatoms. The summed E-state index contributed by atoms with van der Waals surface area (Å²) in [5.41, 5.74) is 20.5. The topological polar surface area (TPSA) is 34.1 Å². The van der Waals surface area contributed by atoms with Crippen molar-refractivity contribution < 1.29 is 9.59 Å². The van der Waals surface area contributed by atoms with E-state index >= 15 is 0 Å². The minimum atomic E-state index is -0.487. The molecule has 0 aliphatic heterocycles. The maximum absolute atomic E-state index is 13.6. The zero-order valence-corrected chi connectivity index (χ0v) is 54.7. The summed E-state index contributed by atoms with van der Waals surface area (Å²) in [5.74, 6) is -0.0586. The van der Waals surface area contributed by atoms with Crippen LogP contribution in [0.5, 0.6) is 0 Å². The van der Waals surface area contributed by atoms with Gasteiger partial charge in [-0.05, 0) is 113 Å². The van der Waals surface area contributed by atoms with Crippen LogP contribution in [0.15, 0.2) is 333 Å². The quantitative estimate of drug-likeness (QED) is 0.128. The van der Waals surface area contributed by atoms with Gasteiger partial charge in [0.1, 0.15) is 0 Å². The van der Waals surface area contributed by atoms with Crippen molar-refractivity contribution in [2.45, 2.75) is 10.8 Å². The fraction of sp³-hybridized carbons (Fsp3) is 0.0238. The first-order valence-corrected chi connectivity index (χ1v) is 33.1. The van der Waals surface area contributed by atoms with Gasteiger partial charge in [0.2, 0.25) is 0 Å². The third-order valence-corrected chi connectivity index (χ3v) is 20.8. The molecule has 14 aromatic carbocycles. The highest BCUT2D eigenvalue weighted by atomic mass is 79.9. The molecule has 0 unspecified atom stereocenters. The predicted molar refractivity (Wildman–Crippen MR) is 384 cm³/mol. The van der Waals surface area contributed by atoms with E-state index in [1.807, 2.05) is 133 Å². The SMILES string of the molecule is Brc1cc2c(c3c(Br)cc4c(c13)-c1ccccc1C4(c1ccccc1)c1ccccc1)-c1ccccc1C2(c1ccccc1)c1ccccc1.O=C(c1ccccc1)c1ccccc1-c1ccc(Br)c2c(-c3ccccc3C(=O)c3ccccc3)ccc(Br)c12. The number of carbonyl (C=O) groups excluding carboxylic acids is 2. The molecule has 90 heavy (non-hydrogen) atoms. The molecule has 428 valence electrons. The van der Waals surface area contributed by atoms with Crippen molar-refractivity contribution in [2.75, 3.05) is 0 Å². The minimum Gasteiger partial charge on any atom is -0.289 e. The third kappa shape index (κ3) is 9.13. The van der Waals surface area contributed by atoms with E-state index in [-0.39, 0.29) is 11.6 Å². The fourth-order valence-corrected chi connectivity index (χ4v) is 16.9. The molecule has 0 radical (unpaired) electrons. The molecule has 0 saturated heterocycles. The number of fused-ring (bicyclic) bond motifs is 10. The van der Waals surface area contributed by atoms with Crippen molar-refractivity contribution in [3.05, 3.63) is 400 Å². The number of rotatable bonds is 10. The van der Waals surface area contributed by atoms with E-state index in [1.165, 1.54) is 77.5 Å². The summed E-state index contributed by atoms with van der Waals surface area (Å²) in [6.07, 6.45) is 0. The zero-order valence-electron chi connectivity index (χ0n) is 48.4. The van der Waals surface area contributed by atoms with Crippen LogP contribution >= 0.6 is 63.7 Å². The Balaban J connectivity index is 0.000000154. The van der Waals surface area contributed by atoms with Crippen LogP contribution in [0.3, 0.4) is 0 Å². The first kappa shape index (κ1) is 57.3. The summed E-state index contributed by atoms with van der Waals surface area (Å²) in [7, 11) is 0. The monoisotopic (exact) mass is 1410 g/mol. The second-order valence-corrected chi connectivity index (χ2v) is 26.2. The second kappa shape index (κ2) is 23.7. The second-order valence-electron chi connectivity index (χ2n) is 22.8. The van der Waals surface area contributed by atoms with Gasteiger partial charge in [0, 0.05) is 61.7 Å². The molecule has 2 aliphatic rings. The van der Waals surface area contributed by atoms with E-state index < -0.39 is 10.8 Å². The Labute approximate surface area is 557 Å². The van der Waals surface area contributed by atoms with E-state index in [9.17, 15) is 9.59 Å². The fourth-order valence-electron chi connectivity index (χ4n) is 14.5. The molecule has 16 rings (SSSR count). The van der Waals surface area contributed by atoms with Gasteiger partial charge in [-0.25, -0.2) is 0 Å². The average molecular weight is 1410 g/mol. The summed E-state index contributed by atoms with van der Waals surface area (Å²) in [5, 5.41) is 4.39. The van der Waals surface area contributed by atoms with Crippen molar-refractivity contribution in [2.24, 2.45) is 0 Å². The minimum absolute atomic E-state index is 0.0293. The predicted octanol–water partition coefficient (Wildman–Crippen LogP) is 23.3. The van der Waals surface area contributed by atoms with E-state index in [4.69, 9.17) is 0 Å². The van der Waals surface area contributed by atoms with Gasteiger partial charge < -0.3 is 0 Å². The van der Waals surface area contributed by atoms with Crippen LogP contribution < -0.4 is 0 Å². The van der Waals surface area contributed by atoms with Gasteiger partial charge in [0.25, 0.3) is 0 Å². The molecule has 0 fully saturated rings. The highest BCUT2D eigenvalue weighted by Gasteiger charge is 2.50. The van der Waals surface area contributed by atoms with Crippen LogP contribution in [0.25, 0.3) is 66.1 Å². The standard InChI is InChI=1S/C48H30Br2.C36H22Br2O2/c49-41-29-39-43(35-25-13-15-27-37(35)47(39,31-17-5-1-6-18-31)32-19-7-2-8-20-32)45-42(50)30-40-44(46(41)45)36-26-14-16-28-38(36)48(40,33-21-9-3-10-22-33)34-23-11-4-12-24-34;37-31-22-20-28(26-16-8-10-18-30(26)36(40)24-13-5-2-6-14-24)34-32(38)21-19-27(33(31)34)25-15-7-9-17-29(25)35(39)23-11-3-1-4-12-23/h1-30H;1-22H. The Bertz CT molecular complexity index is 4730. The van der Waals surface area contributed by atoms with Gasteiger partial charge in [0.05, 0.1) is 10.8 Å². The lowest BCUT2D eigenvalue weighted by molar-refractivity contribution is 0.103. The van der Waals surface area contributed by atoms with Crippen LogP contribution in [0.2, 0.25) is 0 Å². The summed E-state index contributed by atoms with van der Waals surface area (Å²) in [4.78, 5) is 27.2. The molecule has 0 spiro atoms. The summed E-state index contributed by atoms with van der Waals surface area (Å²) >= 11 is 16.1. The van der Waals surface area contributed by atoms with Crippen LogP contribution in [-0.4, -0.2) is 11.6 Å². The Morgan fingerprint density at radius 2 is 0.511 bits per heavy atom. The van der Waals surface area contributed by atoms with Crippen LogP contribution in [-0.2, 0) is 10.8 Å². The lowest BCUT2D eigenvalue weighted by Crippen LogP contribution is -2.29. The average Bonchev–Trinajstić information content (AvgIpc) is 1.50. The van der Waals surface area contributed by atoms with E-state index in [1.54, 1.807) is 0 Å². The van der Waals surface area contributed by atoms with E-state index in [0.717, 1.165) is 50.9 Å². The van der Waals surface area contributed by atoms with Gasteiger partial charge in [-0.15, -0.1) is 0 Å². The van der Waals surface area contributed by atoms with Gasteiger partial charge in [-0.1, -0.05) is 355 Å². The lowest BCUT2D eigenvalue weighted by Gasteiger charge is -2.35. The molecular weight excluding hydrogens is 1360 g/mol. The van der Waals surface area contributed by atoms with Gasteiger partial charge in [-0.3, -0.25) is 9.59 Å². The molecule has 14 aromatic rings. The van der Waals surface area contributed by atoms with Crippen molar-refractivity contribution in [1.29, 1.82) is 0 Å². The molecule has 0 N–H and O–H groups in total. The van der Waals surface area contributed by atoms with Gasteiger partial charge >= 0.3 is 0 Å². The highest BCUT2D eigenvalue weighted by Crippen LogP contribution is 2.64. The largest absolute Gasteiger partial charge is 0.289 e. The Hall–Kier alpha value is -9.14. The van der Waals surface area contributed by atoms with Crippen molar-refractivity contribution in [3.63, 3.8) is 0 Å². The van der Waals surface area contributed by atoms with E-state index in [2.05, 4.69) is 246 Å². The van der Waals surface area contributed by atoms with Gasteiger partial charge in [0.15, 0.2) is 11.6 Å². The van der Waals surface area contributed by atoms with Crippen molar-refractivity contribution in [3.8, 4) is 44.5 Å². The number of hydrogen-bond acceptors (Lipinski definition) is 2. The van der Waals surface area contributed by atoms with Crippen molar-refractivity contribution in [1.82, 2.24) is 0 Å². The molecule has 2 aliphatic carbocycles. The molecule has 0 aromatic heterocycles. The highest BCUT2D eigenvalue weighted by molar-refractivity contribution is 9.11. The van der Waals surface area contributed by atoms with Gasteiger partial charge in [-0.2, -0.15) is 0 Å². The summed E-state index contributed by atoms with van der Waals surface area (Å²) in [6.45, 7) is 0. The number of ketones is 2. The molecule has 0 heterocycles. The molecule has 0 bridgehead atoms. The summed E-state index contributed by atoms with van der Waals surface area (Å²) < 4.78 is 3.99. The molecule has 0 amide bonds. The smallest absolute Gasteiger partial charge is 0.193 e. The summed E-state index contributed by atoms with van der Waals surface area (Å²) in [6, 6.07) is 109. The molecule has 2 nitrogen and oxygen atoms in total. The zero-order chi connectivity index (χ0) is 61.1. The Kier molecular flexibility index (Phi) is 15.1. The van der Waals surface area contributed by atoms with Crippen LogP contribution in [0.4, 0.5) is 0 Å². The third-order valence-electron chi connectivity index (χ3n) is 18.2. The molecular formula is C84H52Br4O2. The number of halogens is 4. The van der Waals surface area contributed by atoms with E-state index in [0.29, 0.717) is 22.3 Å². The Morgan fingerprint density at radius 1 is 0.233 bits per heavy atom. The van der Waals surface area contributed by atoms with Crippen LogP contribution in [0.1, 0.15) is 76.4 Å². The molecule has 0 atom stereocenters. The first-order valence-electron chi connectivity index (χ1n) is 29.9. The Morgan fingerprint density at radius 3 is 0.844 bits per heavy atom. The number of benzene rings is 14. The normalized spacial score (nSPS) is 12.9. The number of hydrogen-bond donors (Lipinski definition) is 0. The molecule has 0 saturated carbocycles. The maximum Gasteiger partial charge on any atom is 0.193 e. The van der Waals surface area contributed by atoms with Crippen LogP contribution in [0, 0.1) is 0 Å². The van der Waals surface area contributed by atoms with Crippen molar-refractivity contribution >= 4 is 96.8 Å². The lowest BCUT2D eigenvalue weighted by atomic mass is 9.67.